The summed E-state index contributed by atoms with van der Waals surface area (Å²) in [5.41, 5.74) is 7.42. The average molecular weight is 763 g/mol. The number of carbonyl (C=O) groups is 2. The fourth-order valence-electron chi connectivity index (χ4n) is 5.09. The molecule has 6 heteroatoms. The Morgan fingerprint density at radius 1 is 0.561 bits per heavy atom. The number of rotatable bonds is 24. The minimum Gasteiger partial charge on any atom is -0.677 e. The Balaban J connectivity index is -0.000000548. The summed E-state index contributed by atoms with van der Waals surface area (Å²) in [6.07, 6.45) is 33.5. The second kappa shape index (κ2) is 37.6. The van der Waals surface area contributed by atoms with Crippen LogP contribution < -0.4 is 0 Å². The Hall–Kier alpha value is -0.412. The van der Waals surface area contributed by atoms with Crippen LogP contribution in [0.15, 0.2) is 0 Å². The first kappa shape index (κ1) is 45.0. The molecule has 0 heterocycles. The van der Waals surface area contributed by atoms with Gasteiger partial charge in [-0.2, -0.15) is 12.0 Å². The van der Waals surface area contributed by atoms with E-state index in [0.29, 0.717) is 18.8 Å². The molecule has 5 nitrogen and oxygen atoms in total. The number of hydrogen-bond donors (Lipinski definition) is 2. The predicted molar refractivity (Wildman–Crippen MR) is 173 cm³/mol. The molecule has 2 unspecified atom stereocenters. The zero-order chi connectivity index (χ0) is 30.1. The maximum atomic E-state index is 10.3. The van der Waals surface area contributed by atoms with E-state index in [1.54, 1.807) is 0 Å². The summed E-state index contributed by atoms with van der Waals surface area (Å²) < 4.78 is 0. The zero-order valence-electron chi connectivity index (χ0n) is 27.2. The smallest absolute Gasteiger partial charge is 0.677 e. The van der Waals surface area contributed by atoms with E-state index >= 15 is 0 Å². The molecule has 0 aliphatic heterocycles. The maximum Gasteiger partial charge on any atom is 2.00 e. The van der Waals surface area contributed by atoms with Crippen molar-refractivity contribution in [3.8, 4) is 0 Å². The van der Waals surface area contributed by atoms with Crippen LogP contribution in [0.1, 0.15) is 194 Å². The number of nitrogens with one attached hydrogen (secondary N) is 1. The van der Waals surface area contributed by atoms with Crippen molar-refractivity contribution in [1.29, 1.82) is 0 Å². The summed E-state index contributed by atoms with van der Waals surface area (Å²) in [6, 6.07) is 0.142. The maximum absolute atomic E-state index is 10.3. The van der Waals surface area contributed by atoms with Crippen LogP contribution in [0.2, 0.25) is 0 Å². The van der Waals surface area contributed by atoms with Gasteiger partial charge < -0.3 is 22.9 Å². The molecule has 1 aliphatic rings. The zero-order valence-corrected chi connectivity index (χ0v) is 29.5. The van der Waals surface area contributed by atoms with Gasteiger partial charge in [-0.15, -0.1) is 0 Å². The van der Waals surface area contributed by atoms with Crippen LogP contribution in [0, 0.1) is 12.8 Å². The van der Waals surface area contributed by atoms with Crippen LogP contribution >= 0.6 is 0 Å². The van der Waals surface area contributed by atoms with Crippen LogP contribution in [0.3, 0.4) is 0 Å². The fourth-order valence-corrected chi connectivity index (χ4v) is 5.09. The predicted octanol–water partition coefficient (Wildman–Crippen LogP) is 12.0. The molecule has 2 atom stereocenters. The van der Waals surface area contributed by atoms with Gasteiger partial charge in [0.15, 0.2) is 0 Å². The second-order valence-corrected chi connectivity index (χ2v) is 12.0. The number of carboxylic acids is 2. The molecule has 0 radical (unpaired) electrons. The topological polar surface area (TPSA) is 98.4 Å². The third-order valence-corrected chi connectivity index (χ3v) is 7.90. The number of unbranched alkanes of at least 4 members (excludes halogenated alkanes) is 20. The molecule has 0 spiro atoms. The van der Waals surface area contributed by atoms with Crippen LogP contribution in [0.4, 0.5) is 0 Å². The van der Waals surface area contributed by atoms with Gasteiger partial charge in [0.2, 0.25) is 0 Å². The molecule has 0 aromatic heterocycles. The number of carboxylic acid groups (broad SMARTS) is 2. The normalized spacial score (nSPS) is 16.0. The molecule has 0 saturated heterocycles. The van der Waals surface area contributed by atoms with E-state index in [4.69, 9.17) is 15.9 Å². The van der Waals surface area contributed by atoms with Crippen molar-refractivity contribution in [2.75, 3.05) is 0 Å². The van der Waals surface area contributed by atoms with Gasteiger partial charge in [-0.05, 0) is 12.8 Å². The van der Waals surface area contributed by atoms with E-state index in [1.807, 2.05) is 0 Å². The molecule has 1 aliphatic carbocycles. The van der Waals surface area contributed by atoms with Crippen molar-refractivity contribution >= 4 is 11.9 Å². The molecule has 1 rings (SSSR count). The SMILES string of the molecule is CCCCCCCCCCCCCC(=O)O.CCCCCCCCCCCCCC(=O)O.[CH2-]C1CCCCC1[NH-].[Pt+2]. The fraction of sp³-hybridized carbons (Fsp3) is 0.914. The summed E-state index contributed by atoms with van der Waals surface area (Å²) in [4.78, 5) is 20.5. The van der Waals surface area contributed by atoms with Crippen molar-refractivity contribution in [3.63, 3.8) is 0 Å². The third-order valence-electron chi connectivity index (χ3n) is 7.90. The van der Waals surface area contributed by atoms with Gasteiger partial charge in [-0.3, -0.25) is 9.59 Å². The monoisotopic (exact) mass is 762 g/mol. The summed E-state index contributed by atoms with van der Waals surface area (Å²) in [6.45, 7) is 8.39. The Bertz CT molecular complexity index is 486. The van der Waals surface area contributed by atoms with Crippen molar-refractivity contribution in [2.45, 2.75) is 200 Å². The first-order valence-electron chi connectivity index (χ1n) is 17.3. The first-order valence-corrected chi connectivity index (χ1v) is 17.3. The van der Waals surface area contributed by atoms with E-state index in [0.717, 1.165) is 32.1 Å². The summed E-state index contributed by atoms with van der Waals surface area (Å²) in [5, 5.41) is 16.9. The third kappa shape index (κ3) is 41.8. The second-order valence-electron chi connectivity index (χ2n) is 12.0. The van der Waals surface area contributed by atoms with Gasteiger partial charge in [-0.1, -0.05) is 168 Å². The van der Waals surface area contributed by atoms with Crippen LogP contribution in [-0.4, -0.2) is 28.2 Å². The molecular weight excluding hydrogens is 693 g/mol. The quantitative estimate of drug-likeness (QED) is 0.0755. The van der Waals surface area contributed by atoms with Crippen molar-refractivity contribution < 1.29 is 40.9 Å². The molecule has 41 heavy (non-hydrogen) atoms. The van der Waals surface area contributed by atoms with E-state index in [9.17, 15) is 9.59 Å². The Kier molecular flexibility index (Phi) is 41.3. The minimum atomic E-state index is -0.657. The first-order chi connectivity index (χ1) is 19.3. The van der Waals surface area contributed by atoms with Gasteiger partial charge in [0.25, 0.3) is 0 Å². The standard InChI is InChI=1S/2C14H28O2.C7H13N.Pt/c2*1-2-3-4-5-6-7-8-9-10-11-12-13-14(15)16;1-6-4-2-3-5-7(6)8;/h2*2-13H2,1H3,(H,15,16);6-8H,1-5H2;/q;;-2;+2. The van der Waals surface area contributed by atoms with Gasteiger partial charge in [-0.25, -0.2) is 0 Å². The largest absolute Gasteiger partial charge is 2.00 e. The summed E-state index contributed by atoms with van der Waals surface area (Å²) in [5.74, 6) is -0.893. The molecule has 248 valence electrons. The van der Waals surface area contributed by atoms with Crippen molar-refractivity contribution in [3.05, 3.63) is 12.7 Å². The van der Waals surface area contributed by atoms with Gasteiger partial charge >= 0.3 is 33.0 Å². The van der Waals surface area contributed by atoms with Gasteiger partial charge in [0.05, 0.1) is 0 Å². The molecule has 0 aromatic rings. The molecule has 0 aromatic carbocycles. The number of hydrogen-bond acceptors (Lipinski definition) is 2. The molecule has 1 saturated carbocycles. The van der Waals surface area contributed by atoms with E-state index < -0.39 is 11.9 Å². The Morgan fingerprint density at radius 3 is 1.05 bits per heavy atom. The molecular formula is C35H69NO4Pt. The summed E-state index contributed by atoms with van der Waals surface area (Å²) in [7, 11) is 0. The Labute approximate surface area is 270 Å². The Morgan fingerprint density at radius 2 is 0.829 bits per heavy atom. The molecule has 1 fully saturated rings. The minimum absolute atomic E-state index is 0. The van der Waals surface area contributed by atoms with E-state index in [2.05, 4.69) is 20.8 Å². The van der Waals surface area contributed by atoms with E-state index in [-0.39, 0.29) is 27.1 Å². The van der Waals surface area contributed by atoms with Crippen molar-refractivity contribution in [1.82, 2.24) is 0 Å². The molecule has 0 bridgehead atoms. The van der Waals surface area contributed by atoms with Gasteiger partial charge in [0, 0.05) is 12.8 Å². The van der Waals surface area contributed by atoms with Crippen LogP contribution in [0.5, 0.6) is 0 Å². The number of aliphatic carboxylic acids is 2. The van der Waals surface area contributed by atoms with Crippen molar-refractivity contribution in [2.24, 2.45) is 5.92 Å². The molecule has 0 amide bonds. The van der Waals surface area contributed by atoms with Crippen LogP contribution in [-0.2, 0) is 30.7 Å². The molecule has 3 N–H and O–H groups in total. The van der Waals surface area contributed by atoms with Gasteiger partial charge in [0.1, 0.15) is 0 Å². The van der Waals surface area contributed by atoms with E-state index in [1.165, 1.54) is 135 Å². The summed E-state index contributed by atoms with van der Waals surface area (Å²) >= 11 is 0. The van der Waals surface area contributed by atoms with Crippen LogP contribution in [0.25, 0.3) is 5.73 Å². The average Bonchev–Trinajstić information content (AvgIpc) is 2.92.